The number of unbranched alkanes of at least 4 members (excludes halogenated alkanes) is 12. The fourth-order valence-electron chi connectivity index (χ4n) is 4.72. The molecule has 1 heteroatoms. The SMILES string of the molecule is CCCCCCCCCC(CCCCCCCCC)(NC(C)C)c1ccccc1. The molecule has 1 nitrogen and oxygen atoms in total. The molecule has 0 saturated carbocycles. The number of benzene rings is 1. The van der Waals surface area contributed by atoms with Gasteiger partial charge in [0.2, 0.25) is 0 Å². The molecule has 0 radical (unpaired) electrons. The van der Waals surface area contributed by atoms with E-state index in [1.54, 1.807) is 0 Å². The third-order valence-electron chi connectivity index (χ3n) is 6.31. The molecule has 0 saturated heterocycles. The van der Waals surface area contributed by atoms with Crippen LogP contribution in [0.1, 0.15) is 136 Å². The zero-order valence-electron chi connectivity index (χ0n) is 20.3. The Kier molecular flexibility index (Phi) is 15.3. The molecule has 168 valence electrons. The molecule has 1 aromatic rings. The third kappa shape index (κ3) is 11.8. The van der Waals surface area contributed by atoms with E-state index in [2.05, 4.69) is 63.3 Å². The van der Waals surface area contributed by atoms with Gasteiger partial charge in [-0.25, -0.2) is 0 Å². The van der Waals surface area contributed by atoms with Gasteiger partial charge in [-0.3, -0.25) is 0 Å². The number of nitrogens with one attached hydrogen (secondary N) is 1. The van der Waals surface area contributed by atoms with E-state index in [-0.39, 0.29) is 5.54 Å². The third-order valence-corrected chi connectivity index (χ3v) is 6.31. The summed E-state index contributed by atoms with van der Waals surface area (Å²) < 4.78 is 0. The maximum absolute atomic E-state index is 4.03. The second-order valence-electron chi connectivity index (χ2n) is 9.49. The van der Waals surface area contributed by atoms with Crippen LogP contribution in [-0.2, 0) is 5.54 Å². The first-order chi connectivity index (χ1) is 14.1. The summed E-state index contributed by atoms with van der Waals surface area (Å²) in [6.07, 6.45) is 22.0. The topological polar surface area (TPSA) is 12.0 Å². The van der Waals surface area contributed by atoms with E-state index in [1.165, 1.54) is 108 Å². The van der Waals surface area contributed by atoms with Crippen LogP contribution in [0.15, 0.2) is 30.3 Å². The summed E-state index contributed by atoms with van der Waals surface area (Å²) in [5.74, 6) is 0. The number of hydrogen-bond donors (Lipinski definition) is 1. The average Bonchev–Trinajstić information content (AvgIpc) is 2.72. The first-order valence-electron chi connectivity index (χ1n) is 13.0. The van der Waals surface area contributed by atoms with Crippen LogP contribution in [-0.4, -0.2) is 6.04 Å². The minimum atomic E-state index is 0.155. The summed E-state index contributed by atoms with van der Waals surface area (Å²) in [5, 5.41) is 4.03. The smallest absolute Gasteiger partial charge is 0.0436 e. The van der Waals surface area contributed by atoms with Crippen LogP contribution in [0, 0.1) is 0 Å². The van der Waals surface area contributed by atoms with Crippen molar-refractivity contribution in [3.8, 4) is 0 Å². The Morgan fingerprint density at radius 1 is 0.621 bits per heavy atom. The normalized spacial score (nSPS) is 12.0. The van der Waals surface area contributed by atoms with Crippen LogP contribution in [0.4, 0.5) is 0 Å². The van der Waals surface area contributed by atoms with Gasteiger partial charge in [0.15, 0.2) is 0 Å². The average molecular weight is 402 g/mol. The van der Waals surface area contributed by atoms with Gasteiger partial charge >= 0.3 is 0 Å². The molecule has 29 heavy (non-hydrogen) atoms. The van der Waals surface area contributed by atoms with Gasteiger partial charge in [-0.15, -0.1) is 0 Å². The molecule has 0 heterocycles. The highest BCUT2D eigenvalue weighted by molar-refractivity contribution is 5.24. The molecular weight excluding hydrogens is 350 g/mol. The maximum atomic E-state index is 4.03. The lowest BCUT2D eigenvalue weighted by Gasteiger charge is -2.38. The largest absolute Gasteiger partial charge is 0.305 e. The molecule has 0 fully saturated rings. The van der Waals surface area contributed by atoms with Crippen LogP contribution >= 0.6 is 0 Å². The van der Waals surface area contributed by atoms with E-state index >= 15 is 0 Å². The highest BCUT2D eigenvalue weighted by atomic mass is 15.0. The van der Waals surface area contributed by atoms with E-state index in [1.807, 2.05) is 0 Å². The number of hydrogen-bond acceptors (Lipinski definition) is 1. The molecule has 1 aromatic carbocycles. The summed E-state index contributed by atoms with van der Waals surface area (Å²) in [4.78, 5) is 0. The molecule has 0 aromatic heterocycles. The van der Waals surface area contributed by atoms with Crippen molar-refractivity contribution in [2.45, 2.75) is 142 Å². The minimum Gasteiger partial charge on any atom is -0.305 e. The highest BCUT2D eigenvalue weighted by Gasteiger charge is 2.31. The van der Waals surface area contributed by atoms with Crippen molar-refractivity contribution in [2.24, 2.45) is 0 Å². The molecule has 0 atom stereocenters. The van der Waals surface area contributed by atoms with Gasteiger partial charge in [-0.05, 0) is 18.4 Å². The van der Waals surface area contributed by atoms with Crippen LogP contribution in [0.2, 0.25) is 0 Å². The quantitative estimate of drug-likeness (QED) is 0.228. The molecule has 0 aliphatic heterocycles. The van der Waals surface area contributed by atoms with Crippen molar-refractivity contribution in [1.29, 1.82) is 0 Å². The summed E-state index contributed by atoms with van der Waals surface area (Å²) >= 11 is 0. The summed E-state index contributed by atoms with van der Waals surface area (Å²) in [5.41, 5.74) is 1.66. The van der Waals surface area contributed by atoms with Crippen molar-refractivity contribution >= 4 is 0 Å². The van der Waals surface area contributed by atoms with Gasteiger partial charge in [0, 0.05) is 11.6 Å². The summed E-state index contributed by atoms with van der Waals surface area (Å²) in [6.45, 7) is 9.23. The molecule has 0 aliphatic carbocycles. The van der Waals surface area contributed by atoms with Crippen LogP contribution in [0.3, 0.4) is 0 Å². The monoisotopic (exact) mass is 401 g/mol. The maximum Gasteiger partial charge on any atom is 0.0436 e. The fourth-order valence-corrected chi connectivity index (χ4v) is 4.72. The molecule has 0 amide bonds. The van der Waals surface area contributed by atoms with Gasteiger partial charge in [0.05, 0.1) is 0 Å². The molecule has 0 bridgehead atoms. The molecule has 1 N–H and O–H groups in total. The van der Waals surface area contributed by atoms with Gasteiger partial charge in [0.25, 0.3) is 0 Å². The van der Waals surface area contributed by atoms with Crippen LogP contribution in [0.5, 0.6) is 0 Å². The van der Waals surface area contributed by atoms with E-state index in [9.17, 15) is 0 Å². The lowest BCUT2D eigenvalue weighted by atomic mass is 9.79. The minimum absolute atomic E-state index is 0.155. The first-order valence-corrected chi connectivity index (χ1v) is 13.0. The van der Waals surface area contributed by atoms with Crippen LogP contribution < -0.4 is 5.32 Å². The van der Waals surface area contributed by atoms with Crippen molar-refractivity contribution in [3.63, 3.8) is 0 Å². The Morgan fingerprint density at radius 3 is 1.45 bits per heavy atom. The highest BCUT2D eigenvalue weighted by Crippen LogP contribution is 2.34. The Morgan fingerprint density at radius 2 is 1.03 bits per heavy atom. The number of rotatable bonds is 19. The van der Waals surface area contributed by atoms with E-state index in [0.29, 0.717) is 6.04 Å². The van der Waals surface area contributed by atoms with E-state index in [4.69, 9.17) is 0 Å². The standard InChI is InChI=1S/C28H51N/c1-5-7-9-11-13-15-20-24-28(29-26(3)4,27-22-18-17-19-23-27)25-21-16-14-12-10-8-6-2/h17-19,22-23,26,29H,5-16,20-21,24-25H2,1-4H3. The predicted octanol–water partition coefficient (Wildman–Crippen LogP) is 9.16. The van der Waals surface area contributed by atoms with Gasteiger partial charge in [-0.1, -0.05) is 148 Å². The second-order valence-corrected chi connectivity index (χ2v) is 9.49. The zero-order chi connectivity index (χ0) is 21.2. The second kappa shape index (κ2) is 16.9. The van der Waals surface area contributed by atoms with Gasteiger partial charge in [-0.2, -0.15) is 0 Å². The Balaban J connectivity index is 2.63. The molecule has 0 unspecified atom stereocenters. The Bertz CT molecular complexity index is 446. The van der Waals surface area contributed by atoms with Gasteiger partial charge < -0.3 is 5.32 Å². The molecule has 1 rings (SSSR count). The van der Waals surface area contributed by atoms with Crippen LogP contribution in [0.25, 0.3) is 0 Å². The lowest BCUT2D eigenvalue weighted by Crippen LogP contribution is -2.46. The fraction of sp³-hybridized carbons (Fsp3) is 0.786. The van der Waals surface area contributed by atoms with Crippen molar-refractivity contribution in [2.75, 3.05) is 0 Å². The van der Waals surface area contributed by atoms with E-state index in [0.717, 1.165) is 0 Å². The Labute approximate surface area is 183 Å². The predicted molar refractivity (Wildman–Crippen MR) is 132 cm³/mol. The van der Waals surface area contributed by atoms with Gasteiger partial charge in [0.1, 0.15) is 0 Å². The van der Waals surface area contributed by atoms with Crippen molar-refractivity contribution < 1.29 is 0 Å². The lowest BCUT2D eigenvalue weighted by molar-refractivity contribution is 0.245. The van der Waals surface area contributed by atoms with Crippen molar-refractivity contribution in [3.05, 3.63) is 35.9 Å². The van der Waals surface area contributed by atoms with E-state index < -0.39 is 0 Å². The first kappa shape index (κ1) is 26.2. The molecular formula is C28H51N. The summed E-state index contributed by atoms with van der Waals surface area (Å²) in [7, 11) is 0. The molecule has 0 spiro atoms. The zero-order valence-corrected chi connectivity index (χ0v) is 20.3. The summed E-state index contributed by atoms with van der Waals surface area (Å²) in [6, 6.07) is 11.8. The molecule has 0 aliphatic rings. The van der Waals surface area contributed by atoms with Crippen molar-refractivity contribution in [1.82, 2.24) is 5.32 Å². The Hall–Kier alpha value is -0.820.